The Morgan fingerprint density at radius 1 is 1.04 bits per heavy atom. The zero-order valence-corrected chi connectivity index (χ0v) is 12.7. The van der Waals surface area contributed by atoms with Crippen molar-refractivity contribution in [3.63, 3.8) is 0 Å². The zero-order chi connectivity index (χ0) is 15.8. The maximum atomic E-state index is 12.6. The lowest BCUT2D eigenvalue weighted by Gasteiger charge is -2.05. The molecule has 0 aliphatic heterocycles. The fraction of sp³-hybridized carbons (Fsp3) is 0.0526. The van der Waals surface area contributed by atoms with Crippen molar-refractivity contribution in [2.24, 2.45) is 0 Å². The molecule has 0 saturated carbocycles. The molecule has 4 aromatic rings. The van der Waals surface area contributed by atoms with Gasteiger partial charge in [-0.3, -0.25) is 9.36 Å². The number of aromatic nitrogens is 3. The number of benzene rings is 2. The quantitative estimate of drug-likeness (QED) is 0.612. The van der Waals surface area contributed by atoms with Crippen molar-refractivity contribution >= 4 is 34.1 Å². The fourth-order valence-electron chi connectivity index (χ4n) is 2.82. The number of hydrogen-bond donors (Lipinski definition) is 1. The van der Waals surface area contributed by atoms with Gasteiger partial charge >= 0.3 is 0 Å². The summed E-state index contributed by atoms with van der Waals surface area (Å²) in [6.45, 7) is 1.84. The first kappa shape index (κ1) is 13.5. The van der Waals surface area contributed by atoms with Gasteiger partial charge in [0, 0.05) is 28.9 Å². The minimum Gasteiger partial charge on any atom is -0.361 e. The number of aromatic amines is 1. The summed E-state index contributed by atoms with van der Waals surface area (Å²) in [6, 6.07) is 15.5. The lowest BCUT2D eigenvalue weighted by atomic mass is 10.2. The predicted molar refractivity (Wildman–Crippen MR) is 94.3 cm³/mol. The zero-order valence-electron chi connectivity index (χ0n) is 12.7. The monoisotopic (exact) mass is 301 g/mol. The van der Waals surface area contributed by atoms with E-state index in [1.807, 2.05) is 55.6 Å². The van der Waals surface area contributed by atoms with Crippen LogP contribution in [0.15, 0.2) is 59.5 Å². The Morgan fingerprint density at radius 3 is 2.65 bits per heavy atom. The Kier molecular flexibility index (Phi) is 3.08. The van der Waals surface area contributed by atoms with Crippen molar-refractivity contribution in [1.82, 2.24) is 14.5 Å². The number of hydrogen-bond acceptors (Lipinski definition) is 2. The summed E-state index contributed by atoms with van der Waals surface area (Å²) in [7, 11) is 0. The highest BCUT2D eigenvalue weighted by Crippen LogP contribution is 2.19. The van der Waals surface area contributed by atoms with Crippen LogP contribution in [0, 0.1) is 6.92 Å². The summed E-state index contributed by atoms with van der Waals surface area (Å²) in [4.78, 5) is 20.4. The molecule has 1 N–H and O–H groups in total. The van der Waals surface area contributed by atoms with Crippen LogP contribution in [0.1, 0.15) is 11.4 Å². The standard InChI is InChI=1S/C19H15N3O/c1-13-21-18-9-5-3-7-16(18)19(23)22(13)11-10-14-12-20-17-8-4-2-6-15(14)17/h2-12,20H,1H3/b11-10+. The van der Waals surface area contributed by atoms with E-state index in [9.17, 15) is 4.79 Å². The van der Waals surface area contributed by atoms with Gasteiger partial charge in [-0.05, 0) is 31.2 Å². The second-order valence-corrected chi connectivity index (χ2v) is 5.46. The molecule has 112 valence electrons. The molecule has 0 amide bonds. The molecule has 0 atom stereocenters. The van der Waals surface area contributed by atoms with Crippen LogP contribution in [0.3, 0.4) is 0 Å². The van der Waals surface area contributed by atoms with E-state index in [1.165, 1.54) is 0 Å². The third kappa shape index (κ3) is 2.25. The van der Waals surface area contributed by atoms with E-state index in [2.05, 4.69) is 16.0 Å². The van der Waals surface area contributed by atoms with Gasteiger partial charge in [-0.1, -0.05) is 30.3 Å². The first-order valence-electron chi connectivity index (χ1n) is 7.46. The molecule has 0 unspecified atom stereocenters. The molecule has 4 nitrogen and oxygen atoms in total. The molecule has 0 radical (unpaired) electrons. The van der Waals surface area contributed by atoms with Gasteiger partial charge in [0.2, 0.25) is 0 Å². The van der Waals surface area contributed by atoms with E-state index in [4.69, 9.17) is 0 Å². The highest BCUT2D eigenvalue weighted by atomic mass is 16.1. The van der Waals surface area contributed by atoms with Crippen molar-refractivity contribution in [3.8, 4) is 0 Å². The van der Waals surface area contributed by atoms with Crippen LogP contribution in [-0.2, 0) is 0 Å². The van der Waals surface area contributed by atoms with Gasteiger partial charge in [-0.2, -0.15) is 0 Å². The van der Waals surface area contributed by atoms with E-state index in [0.717, 1.165) is 22.0 Å². The minimum atomic E-state index is -0.0517. The molecule has 0 fully saturated rings. The Hall–Kier alpha value is -3.14. The first-order valence-corrected chi connectivity index (χ1v) is 7.46. The number of H-pyrrole nitrogens is 1. The third-order valence-electron chi connectivity index (χ3n) is 4.01. The summed E-state index contributed by atoms with van der Waals surface area (Å²) in [5.74, 6) is 0.671. The molecule has 2 heterocycles. The molecular weight excluding hydrogens is 286 g/mol. The van der Waals surface area contributed by atoms with Gasteiger partial charge in [-0.25, -0.2) is 4.98 Å². The van der Waals surface area contributed by atoms with E-state index in [-0.39, 0.29) is 5.56 Å². The number of fused-ring (bicyclic) bond motifs is 2. The molecule has 0 saturated heterocycles. The van der Waals surface area contributed by atoms with Crippen molar-refractivity contribution < 1.29 is 0 Å². The summed E-state index contributed by atoms with van der Waals surface area (Å²) in [5.41, 5.74) is 2.80. The van der Waals surface area contributed by atoms with Crippen LogP contribution in [0.4, 0.5) is 0 Å². The van der Waals surface area contributed by atoms with Gasteiger partial charge in [0.15, 0.2) is 0 Å². The molecule has 4 rings (SSSR count). The largest absolute Gasteiger partial charge is 0.361 e. The SMILES string of the molecule is Cc1nc2ccccc2c(=O)n1/C=C/c1c[nH]c2ccccc12. The number of aryl methyl sites for hydroxylation is 1. The number of para-hydroxylation sites is 2. The van der Waals surface area contributed by atoms with Crippen molar-refractivity contribution in [2.45, 2.75) is 6.92 Å². The average Bonchev–Trinajstić information content (AvgIpc) is 2.98. The van der Waals surface area contributed by atoms with Crippen molar-refractivity contribution in [1.29, 1.82) is 0 Å². The van der Waals surface area contributed by atoms with Crippen molar-refractivity contribution in [2.75, 3.05) is 0 Å². The highest BCUT2D eigenvalue weighted by Gasteiger charge is 2.05. The molecular formula is C19H15N3O. The van der Waals surface area contributed by atoms with Crippen LogP contribution >= 0.6 is 0 Å². The normalized spacial score (nSPS) is 11.7. The molecule has 0 aliphatic carbocycles. The lowest BCUT2D eigenvalue weighted by molar-refractivity contribution is 0.943. The Labute approximate surface area is 132 Å². The minimum absolute atomic E-state index is 0.0517. The molecule has 2 aromatic heterocycles. The predicted octanol–water partition coefficient (Wildman–Crippen LogP) is 3.81. The summed E-state index contributed by atoms with van der Waals surface area (Å²) in [6.07, 6.45) is 5.66. The van der Waals surface area contributed by atoms with Gasteiger partial charge in [0.05, 0.1) is 10.9 Å². The first-order chi connectivity index (χ1) is 11.2. The smallest absolute Gasteiger partial charge is 0.265 e. The lowest BCUT2D eigenvalue weighted by Crippen LogP contribution is -2.19. The Morgan fingerprint density at radius 2 is 1.78 bits per heavy atom. The topological polar surface area (TPSA) is 50.7 Å². The summed E-state index contributed by atoms with van der Waals surface area (Å²) < 4.78 is 1.59. The van der Waals surface area contributed by atoms with E-state index < -0.39 is 0 Å². The van der Waals surface area contributed by atoms with E-state index in [0.29, 0.717) is 11.2 Å². The van der Waals surface area contributed by atoms with Gasteiger partial charge in [0.25, 0.3) is 5.56 Å². The molecule has 0 bridgehead atoms. The Bertz CT molecular complexity index is 1100. The third-order valence-corrected chi connectivity index (χ3v) is 4.01. The summed E-state index contributed by atoms with van der Waals surface area (Å²) in [5, 5.41) is 1.75. The molecule has 0 aliphatic rings. The molecule has 4 heteroatoms. The number of nitrogens with zero attached hydrogens (tertiary/aromatic N) is 2. The molecule has 23 heavy (non-hydrogen) atoms. The van der Waals surface area contributed by atoms with E-state index >= 15 is 0 Å². The Balaban J connectivity index is 1.85. The van der Waals surface area contributed by atoms with Gasteiger partial charge in [-0.15, -0.1) is 0 Å². The molecule has 0 spiro atoms. The highest BCUT2D eigenvalue weighted by molar-refractivity contribution is 5.90. The maximum Gasteiger partial charge on any atom is 0.265 e. The molecule has 2 aromatic carbocycles. The second-order valence-electron chi connectivity index (χ2n) is 5.46. The van der Waals surface area contributed by atoms with Gasteiger partial charge in [0.1, 0.15) is 5.82 Å². The van der Waals surface area contributed by atoms with Crippen LogP contribution in [-0.4, -0.2) is 14.5 Å². The van der Waals surface area contributed by atoms with Crippen LogP contribution < -0.4 is 5.56 Å². The fourth-order valence-corrected chi connectivity index (χ4v) is 2.82. The van der Waals surface area contributed by atoms with Crippen LogP contribution in [0.5, 0.6) is 0 Å². The van der Waals surface area contributed by atoms with Crippen molar-refractivity contribution in [3.05, 3.63) is 76.5 Å². The second kappa shape index (κ2) is 5.25. The van der Waals surface area contributed by atoms with E-state index in [1.54, 1.807) is 16.8 Å². The number of nitrogens with one attached hydrogen (secondary N) is 1. The van der Waals surface area contributed by atoms with Crippen LogP contribution in [0.25, 0.3) is 34.1 Å². The van der Waals surface area contributed by atoms with Gasteiger partial charge < -0.3 is 4.98 Å². The summed E-state index contributed by atoms with van der Waals surface area (Å²) >= 11 is 0. The van der Waals surface area contributed by atoms with Crippen LogP contribution in [0.2, 0.25) is 0 Å². The maximum absolute atomic E-state index is 12.6. The number of rotatable bonds is 2. The average molecular weight is 301 g/mol.